The van der Waals surface area contributed by atoms with E-state index in [4.69, 9.17) is 9.97 Å². The number of carbonyl (C=O) groups excluding carboxylic acids is 1. The van der Waals surface area contributed by atoms with Crippen LogP contribution in [0.25, 0.3) is 11.1 Å². The maximum Gasteiger partial charge on any atom is 0.244 e. The van der Waals surface area contributed by atoms with Gasteiger partial charge in [0.2, 0.25) is 11.9 Å². The van der Waals surface area contributed by atoms with E-state index < -0.39 is 0 Å². The van der Waals surface area contributed by atoms with E-state index in [1.807, 2.05) is 37.2 Å². The number of anilines is 2. The molecule has 3 aromatic rings. The van der Waals surface area contributed by atoms with Gasteiger partial charge in [-0.15, -0.1) is 0 Å². The van der Waals surface area contributed by atoms with Crippen LogP contribution in [0.1, 0.15) is 31.7 Å². The van der Waals surface area contributed by atoms with E-state index in [9.17, 15) is 4.79 Å². The average molecular weight is 488 g/mol. The number of aromatic nitrogens is 4. The molecular formula is C28H37N7O. The third-order valence-electron chi connectivity index (χ3n) is 7.37. The molecule has 0 saturated carbocycles. The van der Waals surface area contributed by atoms with Crippen LogP contribution in [-0.2, 0) is 11.3 Å². The van der Waals surface area contributed by atoms with E-state index in [2.05, 4.69) is 53.0 Å². The van der Waals surface area contributed by atoms with Gasteiger partial charge < -0.3 is 14.7 Å². The van der Waals surface area contributed by atoms with Crippen molar-refractivity contribution < 1.29 is 4.79 Å². The first-order valence-corrected chi connectivity index (χ1v) is 13.1. The molecule has 0 radical (unpaired) electrons. The molecule has 2 atom stereocenters. The largest absolute Gasteiger partial charge is 0.367 e. The molecule has 1 aromatic carbocycles. The number of aryl methyl sites for hydroxylation is 2. The normalized spacial score (nSPS) is 20.6. The summed E-state index contributed by atoms with van der Waals surface area (Å²) in [5.74, 6) is 2.27. The van der Waals surface area contributed by atoms with Crippen LogP contribution >= 0.6 is 0 Å². The lowest BCUT2D eigenvalue weighted by molar-refractivity contribution is -0.132. The van der Waals surface area contributed by atoms with Crippen molar-refractivity contribution in [1.82, 2.24) is 24.6 Å². The van der Waals surface area contributed by atoms with Crippen molar-refractivity contribution in [2.45, 2.75) is 40.7 Å². The molecule has 4 heterocycles. The molecule has 190 valence electrons. The number of para-hydroxylation sites is 1. The second-order valence-corrected chi connectivity index (χ2v) is 10.6. The Bertz CT molecular complexity index is 1190. The predicted molar refractivity (Wildman–Crippen MR) is 143 cm³/mol. The molecule has 0 bridgehead atoms. The van der Waals surface area contributed by atoms with E-state index in [1.165, 1.54) is 12.1 Å². The summed E-state index contributed by atoms with van der Waals surface area (Å²) in [6.07, 6.45) is 5.18. The lowest BCUT2D eigenvalue weighted by Crippen LogP contribution is -2.49. The zero-order valence-corrected chi connectivity index (χ0v) is 21.9. The molecule has 2 aromatic heterocycles. The fraction of sp³-hybridized carbons (Fsp3) is 0.500. The van der Waals surface area contributed by atoms with Gasteiger partial charge in [0, 0.05) is 74.2 Å². The highest BCUT2D eigenvalue weighted by atomic mass is 16.2. The Hall–Kier alpha value is -3.42. The minimum Gasteiger partial charge on any atom is -0.367 e. The van der Waals surface area contributed by atoms with Gasteiger partial charge in [0.1, 0.15) is 6.54 Å². The lowest BCUT2D eigenvalue weighted by atomic mass is 9.92. The number of piperazine rings is 1. The number of hydrogen-bond donors (Lipinski definition) is 0. The van der Waals surface area contributed by atoms with Crippen LogP contribution < -0.4 is 9.80 Å². The highest BCUT2D eigenvalue weighted by Gasteiger charge is 2.25. The van der Waals surface area contributed by atoms with Gasteiger partial charge >= 0.3 is 0 Å². The van der Waals surface area contributed by atoms with Crippen molar-refractivity contribution in [3.05, 3.63) is 54.1 Å². The number of piperidine rings is 1. The summed E-state index contributed by atoms with van der Waals surface area (Å²) in [5.41, 5.74) is 5.28. The highest BCUT2D eigenvalue weighted by molar-refractivity contribution is 5.79. The predicted octanol–water partition coefficient (Wildman–Crippen LogP) is 3.79. The van der Waals surface area contributed by atoms with Crippen LogP contribution in [0.5, 0.6) is 0 Å². The van der Waals surface area contributed by atoms with Gasteiger partial charge in [0.15, 0.2) is 0 Å². The second-order valence-electron chi connectivity index (χ2n) is 10.6. The van der Waals surface area contributed by atoms with Gasteiger partial charge in [-0.05, 0) is 44.2 Å². The number of hydrogen-bond acceptors (Lipinski definition) is 6. The highest BCUT2D eigenvalue weighted by Crippen LogP contribution is 2.32. The van der Waals surface area contributed by atoms with E-state index in [0.717, 1.165) is 54.6 Å². The summed E-state index contributed by atoms with van der Waals surface area (Å²) in [6, 6.07) is 10.4. The van der Waals surface area contributed by atoms with E-state index in [-0.39, 0.29) is 5.91 Å². The van der Waals surface area contributed by atoms with Crippen LogP contribution in [0.3, 0.4) is 0 Å². The van der Waals surface area contributed by atoms with Crippen LogP contribution in [0.4, 0.5) is 11.6 Å². The van der Waals surface area contributed by atoms with Gasteiger partial charge in [0.05, 0.1) is 5.69 Å². The minimum absolute atomic E-state index is 0.125. The quantitative estimate of drug-likeness (QED) is 0.545. The minimum atomic E-state index is 0.125. The standard InChI is InChI=1S/C28H37N7O/c1-20-13-21(2)18-34(17-20)28-29-15-24(16-30-28)25-7-5-6-8-26(25)32-9-11-33(12-10-32)27(36)19-35-23(4)14-22(3)31-35/h5-8,14-16,20-21H,9-13,17-19H2,1-4H3. The Morgan fingerprint density at radius 2 is 1.61 bits per heavy atom. The zero-order valence-electron chi connectivity index (χ0n) is 21.9. The maximum atomic E-state index is 12.9. The summed E-state index contributed by atoms with van der Waals surface area (Å²) < 4.78 is 1.80. The van der Waals surface area contributed by atoms with Gasteiger partial charge in [-0.25, -0.2) is 9.97 Å². The Kier molecular flexibility index (Phi) is 6.94. The summed E-state index contributed by atoms with van der Waals surface area (Å²) >= 11 is 0. The first-order chi connectivity index (χ1) is 17.4. The Morgan fingerprint density at radius 3 is 2.25 bits per heavy atom. The van der Waals surface area contributed by atoms with Crippen LogP contribution in [-0.4, -0.2) is 69.8 Å². The smallest absolute Gasteiger partial charge is 0.244 e. The molecule has 2 saturated heterocycles. The van der Waals surface area contributed by atoms with Crippen molar-refractivity contribution in [2.24, 2.45) is 11.8 Å². The monoisotopic (exact) mass is 487 g/mol. The molecule has 0 N–H and O–H groups in total. The van der Waals surface area contributed by atoms with Gasteiger partial charge in [0.25, 0.3) is 0 Å². The van der Waals surface area contributed by atoms with Crippen LogP contribution in [0.2, 0.25) is 0 Å². The lowest BCUT2D eigenvalue weighted by Gasteiger charge is -2.37. The number of rotatable bonds is 5. The second kappa shape index (κ2) is 10.3. The Balaban J connectivity index is 1.25. The molecule has 8 nitrogen and oxygen atoms in total. The average Bonchev–Trinajstić information content (AvgIpc) is 3.19. The number of benzene rings is 1. The van der Waals surface area contributed by atoms with Gasteiger partial charge in [-0.3, -0.25) is 9.48 Å². The summed E-state index contributed by atoms with van der Waals surface area (Å²) in [7, 11) is 0. The zero-order chi connectivity index (χ0) is 25.2. The number of carbonyl (C=O) groups is 1. The van der Waals surface area contributed by atoms with E-state index in [1.54, 1.807) is 4.68 Å². The molecule has 8 heteroatoms. The van der Waals surface area contributed by atoms with Crippen molar-refractivity contribution >= 4 is 17.5 Å². The molecule has 5 rings (SSSR count). The molecule has 0 spiro atoms. The van der Waals surface area contributed by atoms with Crippen molar-refractivity contribution in [2.75, 3.05) is 49.1 Å². The third kappa shape index (κ3) is 5.22. The fourth-order valence-electron chi connectivity index (χ4n) is 5.70. The molecule has 2 fully saturated rings. The topological polar surface area (TPSA) is 70.4 Å². The van der Waals surface area contributed by atoms with Crippen LogP contribution in [0, 0.1) is 25.7 Å². The van der Waals surface area contributed by atoms with Crippen molar-refractivity contribution in [1.29, 1.82) is 0 Å². The van der Waals surface area contributed by atoms with Crippen molar-refractivity contribution in [3.8, 4) is 11.1 Å². The van der Waals surface area contributed by atoms with Crippen LogP contribution in [0.15, 0.2) is 42.7 Å². The summed E-state index contributed by atoms with van der Waals surface area (Å²) in [5, 5.41) is 4.44. The van der Waals surface area contributed by atoms with Gasteiger partial charge in [-0.1, -0.05) is 32.0 Å². The first-order valence-electron chi connectivity index (χ1n) is 13.1. The molecule has 0 aliphatic carbocycles. The Morgan fingerprint density at radius 1 is 0.944 bits per heavy atom. The van der Waals surface area contributed by atoms with Crippen molar-refractivity contribution in [3.63, 3.8) is 0 Å². The maximum absolute atomic E-state index is 12.9. The van der Waals surface area contributed by atoms with Gasteiger partial charge in [-0.2, -0.15) is 5.10 Å². The number of nitrogens with zero attached hydrogens (tertiary/aromatic N) is 7. The molecule has 1 amide bonds. The van der Waals surface area contributed by atoms with E-state index in [0.29, 0.717) is 31.5 Å². The summed E-state index contributed by atoms with van der Waals surface area (Å²) in [4.78, 5) is 29.0. The summed E-state index contributed by atoms with van der Waals surface area (Å²) in [6.45, 7) is 13.9. The third-order valence-corrected chi connectivity index (χ3v) is 7.37. The molecular weight excluding hydrogens is 450 g/mol. The first kappa shape index (κ1) is 24.3. The molecule has 36 heavy (non-hydrogen) atoms. The number of amides is 1. The fourth-order valence-corrected chi connectivity index (χ4v) is 5.70. The molecule has 2 unspecified atom stereocenters. The Labute approximate surface area is 213 Å². The SMILES string of the molecule is Cc1cc(C)n(CC(=O)N2CCN(c3ccccc3-c3cnc(N4CC(C)CC(C)C4)nc3)CC2)n1. The molecule has 2 aliphatic rings. The molecule has 2 aliphatic heterocycles. The van der Waals surface area contributed by atoms with E-state index >= 15 is 0 Å².